The maximum absolute atomic E-state index is 12.3. The number of nitrogens with zero attached hydrogens (tertiary/aromatic N) is 1. The van der Waals surface area contributed by atoms with Crippen LogP contribution in [0.1, 0.15) is 30.2 Å². The summed E-state index contributed by atoms with van der Waals surface area (Å²) in [6.07, 6.45) is 3.25. The van der Waals surface area contributed by atoms with Gasteiger partial charge in [0.05, 0.1) is 12.6 Å². The van der Waals surface area contributed by atoms with Crippen molar-refractivity contribution in [3.05, 3.63) is 22.4 Å². The van der Waals surface area contributed by atoms with Crippen LogP contribution in [0.4, 0.5) is 4.79 Å². The summed E-state index contributed by atoms with van der Waals surface area (Å²) < 4.78 is 5.33. The van der Waals surface area contributed by atoms with Crippen LogP contribution in [0.25, 0.3) is 0 Å². The molecule has 2 saturated heterocycles. The summed E-state index contributed by atoms with van der Waals surface area (Å²) in [6, 6.07) is 4.55. The van der Waals surface area contributed by atoms with Crippen molar-refractivity contribution in [2.75, 3.05) is 26.3 Å². The molecule has 4 nitrogen and oxygen atoms in total. The van der Waals surface area contributed by atoms with Crippen molar-refractivity contribution in [1.29, 1.82) is 0 Å². The molecule has 2 atom stereocenters. The normalized spacial score (nSPS) is 26.8. The summed E-state index contributed by atoms with van der Waals surface area (Å²) in [5.41, 5.74) is 0. The standard InChI is InChI=1S/C14H20N2O2S/c17-14(15-9-11-5-7-18-10-11)16-6-1-3-12(16)13-4-2-8-19-13/h2,4,8,11-12H,1,3,5-7,9-10H2,(H,15,17)/t11-,12+/m1/s1. The molecule has 1 N–H and O–H groups in total. The quantitative estimate of drug-likeness (QED) is 0.924. The first-order chi connectivity index (χ1) is 9.34. The van der Waals surface area contributed by atoms with Gasteiger partial charge in [0.1, 0.15) is 0 Å². The molecule has 2 fully saturated rings. The van der Waals surface area contributed by atoms with E-state index in [-0.39, 0.29) is 12.1 Å². The zero-order valence-electron chi connectivity index (χ0n) is 11.0. The molecule has 0 saturated carbocycles. The molecule has 3 heterocycles. The fourth-order valence-electron chi connectivity index (χ4n) is 2.86. The van der Waals surface area contributed by atoms with Gasteiger partial charge in [-0.05, 0) is 30.7 Å². The lowest BCUT2D eigenvalue weighted by molar-refractivity contribution is 0.179. The zero-order valence-corrected chi connectivity index (χ0v) is 11.8. The van der Waals surface area contributed by atoms with Crippen LogP contribution in [0.2, 0.25) is 0 Å². The maximum atomic E-state index is 12.3. The number of amides is 2. The molecule has 0 radical (unpaired) electrons. The summed E-state index contributed by atoms with van der Waals surface area (Å²) in [5, 5.41) is 5.15. The van der Waals surface area contributed by atoms with E-state index in [2.05, 4.69) is 22.8 Å². The van der Waals surface area contributed by atoms with Gasteiger partial charge < -0.3 is 15.0 Å². The number of carbonyl (C=O) groups excluding carboxylic acids is 1. The fraction of sp³-hybridized carbons (Fsp3) is 0.643. The number of carbonyl (C=O) groups is 1. The zero-order chi connectivity index (χ0) is 13.1. The van der Waals surface area contributed by atoms with Crippen LogP contribution in [-0.2, 0) is 4.74 Å². The molecule has 2 aliphatic rings. The number of thiophene rings is 1. The molecule has 5 heteroatoms. The van der Waals surface area contributed by atoms with E-state index in [0.29, 0.717) is 5.92 Å². The second kappa shape index (κ2) is 5.92. The highest BCUT2D eigenvalue weighted by molar-refractivity contribution is 7.10. The predicted octanol–water partition coefficient (Wildman–Crippen LogP) is 2.63. The van der Waals surface area contributed by atoms with Crippen molar-refractivity contribution in [1.82, 2.24) is 10.2 Å². The Kier molecular flexibility index (Phi) is 4.03. The smallest absolute Gasteiger partial charge is 0.317 e. The third-order valence-corrected chi connectivity index (χ3v) is 4.92. The van der Waals surface area contributed by atoms with Crippen LogP contribution in [0.3, 0.4) is 0 Å². The van der Waals surface area contributed by atoms with Crippen LogP contribution >= 0.6 is 11.3 Å². The number of hydrogen-bond donors (Lipinski definition) is 1. The molecule has 2 aliphatic heterocycles. The number of urea groups is 1. The largest absolute Gasteiger partial charge is 0.381 e. The third kappa shape index (κ3) is 2.92. The van der Waals surface area contributed by atoms with Gasteiger partial charge in [0, 0.05) is 30.5 Å². The molecule has 2 amide bonds. The van der Waals surface area contributed by atoms with Crippen molar-refractivity contribution in [2.45, 2.75) is 25.3 Å². The number of rotatable bonds is 3. The van der Waals surface area contributed by atoms with Gasteiger partial charge in [-0.15, -0.1) is 11.3 Å². The summed E-state index contributed by atoms with van der Waals surface area (Å²) in [5.74, 6) is 0.492. The first kappa shape index (κ1) is 12.9. The second-order valence-corrected chi connectivity index (χ2v) is 6.26. The van der Waals surface area contributed by atoms with Crippen molar-refractivity contribution in [2.24, 2.45) is 5.92 Å². The van der Waals surface area contributed by atoms with E-state index in [1.54, 1.807) is 11.3 Å². The van der Waals surface area contributed by atoms with E-state index in [1.165, 1.54) is 4.88 Å². The lowest BCUT2D eigenvalue weighted by atomic mass is 10.1. The minimum Gasteiger partial charge on any atom is -0.381 e. The van der Waals surface area contributed by atoms with E-state index in [1.807, 2.05) is 4.90 Å². The molecule has 0 spiro atoms. The van der Waals surface area contributed by atoms with Crippen LogP contribution in [0.15, 0.2) is 17.5 Å². The van der Waals surface area contributed by atoms with Crippen molar-refractivity contribution >= 4 is 17.4 Å². The van der Waals surface area contributed by atoms with Gasteiger partial charge in [-0.25, -0.2) is 4.79 Å². The van der Waals surface area contributed by atoms with Crippen LogP contribution < -0.4 is 5.32 Å². The minimum absolute atomic E-state index is 0.0859. The van der Waals surface area contributed by atoms with Gasteiger partial charge >= 0.3 is 6.03 Å². The minimum atomic E-state index is 0.0859. The van der Waals surface area contributed by atoms with E-state index < -0.39 is 0 Å². The monoisotopic (exact) mass is 280 g/mol. The Morgan fingerprint density at radius 3 is 3.21 bits per heavy atom. The number of likely N-dealkylation sites (tertiary alicyclic amines) is 1. The lowest BCUT2D eigenvalue weighted by Crippen LogP contribution is -2.41. The first-order valence-corrected chi connectivity index (χ1v) is 7.88. The highest BCUT2D eigenvalue weighted by Gasteiger charge is 2.30. The highest BCUT2D eigenvalue weighted by Crippen LogP contribution is 2.34. The molecule has 1 aromatic rings. The average Bonchev–Trinajstić information content (AvgIpc) is 3.14. The van der Waals surface area contributed by atoms with Crippen LogP contribution in [0.5, 0.6) is 0 Å². The molecule has 0 aromatic carbocycles. The summed E-state index contributed by atoms with van der Waals surface area (Å²) in [4.78, 5) is 15.6. The SMILES string of the molecule is O=C(NC[C@H]1CCOC1)N1CCC[C@H]1c1cccs1. The Morgan fingerprint density at radius 1 is 1.53 bits per heavy atom. The average molecular weight is 280 g/mol. The Hall–Kier alpha value is -1.07. The van der Waals surface area contributed by atoms with E-state index in [0.717, 1.165) is 45.6 Å². The number of hydrogen-bond acceptors (Lipinski definition) is 3. The summed E-state index contributed by atoms with van der Waals surface area (Å²) in [7, 11) is 0. The van der Waals surface area contributed by atoms with Gasteiger partial charge in [-0.2, -0.15) is 0 Å². The molecule has 104 valence electrons. The highest BCUT2D eigenvalue weighted by atomic mass is 32.1. The number of ether oxygens (including phenoxy) is 1. The fourth-order valence-corrected chi connectivity index (χ4v) is 3.74. The number of nitrogens with one attached hydrogen (secondary N) is 1. The van der Waals surface area contributed by atoms with Gasteiger partial charge in [0.25, 0.3) is 0 Å². The van der Waals surface area contributed by atoms with Gasteiger partial charge in [0.2, 0.25) is 0 Å². The van der Waals surface area contributed by atoms with Gasteiger partial charge in [-0.3, -0.25) is 0 Å². The molecule has 19 heavy (non-hydrogen) atoms. The Bertz CT molecular complexity index is 415. The molecular formula is C14H20N2O2S. The summed E-state index contributed by atoms with van der Waals surface area (Å²) in [6.45, 7) is 3.23. The van der Waals surface area contributed by atoms with E-state index >= 15 is 0 Å². The van der Waals surface area contributed by atoms with Crippen molar-refractivity contribution in [3.8, 4) is 0 Å². The van der Waals surface area contributed by atoms with Crippen LogP contribution in [-0.4, -0.2) is 37.2 Å². The molecule has 3 rings (SSSR count). The van der Waals surface area contributed by atoms with Gasteiger partial charge in [-0.1, -0.05) is 6.07 Å². The predicted molar refractivity (Wildman–Crippen MR) is 75.3 cm³/mol. The van der Waals surface area contributed by atoms with Gasteiger partial charge in [0.15, 0.2) is 0 Å². The summed E-state index contributed by atoms with van der Waals surface area (Å²) >= 11 is 1.74. The molecule has 1 aromatic heterocycles. The van der Waals surface area contributed by atoms with E-state index in [4.69, 9.17) is 4.74 Å². The Labute approximate surface area is 117 Å². The third-order valence-electron chi connectivity index (χ3n) is 3.95. The molecular weight excluding hydrogens is 260 g/mol. The topological polar surface area (TPSA) is 41.6 Å². The molecule has 0 bridgehead atoms. The van der Waals surface area contributed by atoms with Crippen LogP contribution in [0, 0.1) is 5.92 Å². The van der Waals surface area contributed by atoms with Crippen molar-refractivity contribution < 1.29 is 9.53 Å². The Morgan fingerprint density at radius 2 is 2.47 bits per heavy atom. The Balaban J connectivity index is 1.56. The maximum Gasteiger partial charge on any atom is 0.317 e. The lowest BCUT2D eigenvalue weighted by Gasteiger charge is -2.24. The van der Waals surface area contributed by atoms with Crippen molar-refractivity contribution in [3.63, 3.8) is 0 Å². The second-order valence-electron chi connectivity index (χ2n) is 5.28. The first-order valence-electron chi connectivity index (χ1n) is 7.00. The molecule has 0 aliphatic carbocycles. The molecule has 0 unspecified atom stereocenters. The van der Waals surface area contributed by atoms with E-state index in [9.17, 15) is 4.79 Å².